The molecule has 2 heterocycles. The third-order valence-electron chi connectivity index (χ3n) is 2.67. The monoisotopic (exact) mass is 301 g/mol. The Balaban J connectivity index is 1.84. The Morgan fingerprint density at radius 2 is 2.10 bits per heavy atom. The van der Waals surface area contributed by atoms with Crippen molar-refractivity contribution in [3.05, 3.63) is 42.4 Å². The summed E-state index contributed by atoms with van der Waals surface area (Å²) in [5, 5.41) is 5.85. The van der Waals surface area contributed by atoms with E-state index >= 15 is 0 Å². The van der Waals surface area contributed by atoms with Crippen LogP contribution in [0.15, 0.2) is 41.0 Å². The number of aromatic nitrogens is 1. The summed E-state index contributed by atoms with van der Waals surface area (Å²) in [7, 11) is 0. The van der Waals surface area contributed by atoms with E-state index in [4.69, 9.17) is 4.42 Å². The van der Waals surface area contributed by atoms with Crippen LogP contribution in [0.3, 0.4) is 0 Å². The summed E-state index contributed by atoms with van der Waals surface area (Å²) in [4.78, 5) is 27.2. The van der Waals surface area contributed by atoms with Crippen LogP contribution in [0.5, 0.6) is 0 Å². The fourth-order valence-electron chi connectivity index (χ4n) is 1.83. The van der Waals surface area contributed by atoms with Gasteiger partial charge in [0, 0.05) is 12.6 Å². The molecule has 0 fully saturated rings. The Morgan fingerprint density at radius 1 is 1.24 bits per heavy atom. The largest absolute Gasteiger partial charge is 0.459 e. The number of amides is 2. The number of rotatable bonds is 3. The number of nitrogens with one attached hydrogen (secondary N) is 2. The van der Waals surface area contributed by atoms with Crippen molar-refractivity contribution in [2.24, 2.45) is 0 Å². The topological polar surface area (TPSA) is 84.2 Å². The molecule has 6 nitrogen and oxygen atoms in total. The van der Waals surface area contributed by atoms with Gasteiger partial charge < -0.3 is 9.73 Å². The molecule has 1 aromatic carbocycles. The first-order valence-corrected chi connectivity index (χ1v) is 6.96. The molecule has 2 aromatic heterocycles. The van der Waals surface area contributed by atoms with E-state index in [0.717, 1.165) is 4.70 Å². The van der Waals surface area contributed by atoms with Crippen LogP contribution < -0.4 is 10.6 Å². The van der Waals surface area contributed by atoms with Crippen molar-refractivity contribution < 1.29 is 14.0 Å². The molecule has 106 valence electrons. The summed E-state index contributed by atoms with van der Waals surface area (Å²) in [5.41, 5.74) is 1.38. The number of hydrogen-bond acceptors (Lipinski definition) is 5. The molecule has 0 aliphatic carbocycles. The van der Waals surface area contributed by atoms with Crippen molar-refractivity contribution in [3.63, 3.8) is 0 Å². The van der Waals surface area contributed by atoms with E-state index < -0.39 is 0 Å². The minimum atomic E-state index is -0.346. The highest BCUT2D eigenvalue weighted by Crippen LogP contribution is 2.28. The second-order valence-corrected chi connectivity index (χ2v) is 5.34. The maximum Gasteiger partial charge on any atom is 0.293 e. The Morgan fingerprint density at radius 3 is 2.81 bits per heavy atom. The van der Waals surface area contributed by atoms with Gasteiger partial charge in [-0.05, 0) is 30.3 Å². The van der Waals surface area contributed by atoms with Crippen LogP contribution in [0.1, 0.15) is 17.5 Å². The van der Waals surface area contributed by atoms with Gasteiger partial charge in [0.05, 0.1) is 16.5 Å². The lowest BCUT2D eigenvalue weighted by molar-refractivity contribution is -0.114. The van der Waals surface area contributed by atoms with E-state index in [1.165, 1.54) is 24.5 Å². The zero-order valence-electron chi connectivity index (χ0n) is 11.0. The van der Waals surface area contributed by atoms with Crippen LogP contribution in [0, 0.1) is 0 Å². The van der Waals surface area contributed by atoms with Gasteiger partial charge in [0.2, 0.25) is 5.91 Å². The second kappa shape index (κ2) is 5.37. The zero-order valence-corrected chi connectivity index (χ0v) is 11.9. The standard InChI is InChI=1S/C14H11N3O3S/c1-8(18)15-9-4-5-12-10(7-9)16-14(21-12)17-13(19)11-3-2-6-20-11/h2-7H,1H3,(H,15,18)(H,16,17,19). The molecule has 0 spiro atoms. The van der Waals surface area contributed by atoms with E-state index in [0.29, 0.717) is 16.3 Å². The van der Waals surface area contributed by atoms with Crippen molar-refractivity contribution in [2.75, 3.05) is 10.6 Å². The van der Waals surface area contributed by atoms with Gasteiger partial charge in [-0.1, -0.05) is 11.3 Å². The number of nitrogens with zero attached hydrogens (tertiary/aromatic N) is 1. The molecule has 2 amide bonds. The van der Waals surface area contributed by atoms with Crippen molar-refractivity contribution >= 4 is 44.2 Å². The fraction of sp³-hybridized carbons (Fsp3) is 0.0714. The maximum atomic E-state index is 11.9. The van der Waals surface area contributed by atoms with Gasteiger partial charge in [0.15, 0.2) is 10.9 Å². The van der Waals surface area contributed by atoms with Crippen molar-refractivity contribution in [2.45, 2.75) is 6.92 Å². The molecule has 0 radical (unpaired) electrons. The summed E-state index contributed by atoms with van der Waals surface area (Å²) in [6.45, 7) is 1.44. The van der Waals surface area contributed by atoms with Crippen LogP contribution in [-0.2, 0) is 4.79 Å². The van der Waals surface area contributed by atoms with E-state index in [9.17, 15) is 9.59 Å². The number of thiazole rings is 1. The molecule has 3 aromatic rings. The molecule has 2 N–H and O–H groups in total. The van der Waals surface area contributed by atoms with Crippen LogP contribution in [0.25, 0.3) is 10.2 Å². The predicted molar refractivity (Wildman–Crippen MR) is 80.6 cm³/mol. The molecule has 0 unspecified atom stereocenters. The van der Waals surface area contributed by atoms with Crippen molar-refractivity contribution in [3.8, 4) is 0 Å². The number of anilines is 2. The smallest absolute Gasteiger partial charge is 0.293 e. The number of benzene rings is 1. The van der Waals surface area contributed by atoms with E-state index in [1.807, 2.05) is 6.07 Å². The van der Waals surface area contributed by atoms with E-state index in [2.05, 4.69) is 15.6 Å². The molecule has 0 atom stereocenters. The maximum absolute atomic E-state index is 11.9. The van der Waals surface area contributed by atoms with Crippen LogP contribution >= 0.6 is 11.3 Å². The average molecular weight is 301 g/mol. The predicted octanol–water partition coefficient (Wildman–Crippen LogP) is 3.10. The Bertz CT molecular complexity index is 808. The first kappa shape index (κ1) is 13.3. The lowest BCUT2D eigenvalue weighted by Gasteiger charge is -1.99. The summed E-state index contributed by atoms with van der Waals surface area (Å²) in [5.74, 6) is -0.259. The van der Waals surface area contributed by atoms with Gasteiger partial charge in [0.25, 0.3) is 5.91 Å². The summed E-state index contributed by atoms with van der Waals surface area (Å²) < 4.78 is 5.94. The van der Waals surface area contributed by atoms with Crippen molar-refractivity contribution in [1.82, 2.24) is 4.98 Å². The highest BCUT2D eigenvalue weighted by molar-refractivity contribution is 7.22. The summed E-state index contributed by atoms with van der Waals surface area (Å²) >= 11 is 1.35. The van der Waals surface area contributed by atoms with Gasteiger partial charge in [0.1, 0.15) is 0 Å². The lowest BCUT2D eigenvalue weighted by Crippen LogP contribution is -2.10. The van der Waals surface area contributed by atoms with E-state index in [1.54, 1.807) is 24.3 Å². The first-order valence-electron chi connectivity index (χ1n) is 6.15. The summed E-state index contributed by atoms with van der Waals surface area (Å²) in [6.07, 6.45) is 1.44. The molecular weight excluding hydrogens is 290 g/mol. The average Bonchev–Trinajstić information content (AvgIpc) is 3.05. The first-order chi connectivity index (χ1) is 10.1. The summed E-state index contributed by atoms with van der Waals surface area (Å²) in [6, 6.07) is 8.63. The highest BCUT2D eigenvalue weighted by Gasteiger charge is 2.12. The molecule has 0 bridgehead atoms. The fourth-order valence-corrected chi connectivity index (χ4v) is 2.67. The molecule has 0 aliphatic heterocycles. The van der Waals surface area contributed by atoms with Crippen LogP contribution in [0.4, 0.5) is 10.8 Å². The number of fused-ring (bicyclic) bond motifs is 1. The molecule has 3 rings (SSSR count). The van der Waals surface area contributed by atoms with Gasteiger partial charge in [-0.15, -0.1) is 0 Å². The van der Waals surface area contributed by atoms with E-state index in [-0.39, 0.29) is 17.6 Å². The Hall–Kier alpha value is -2.67. The SMILES string of the molecule is CC(=O)Nc1ccc2sc(NC(=O)c3ccco3)nc2c1. The minimum absolute atomic E-state index is 0.143. The lowest BCUT2D eigenvalue weighted by atomic mass is 10.3. The molecule has 0 saturated carbocycles. The molecular formula is C14H11N3O3S. The van der Waals surface area contributed by atoms with Gasteiger partial charge in [-0.2, -0.15) is 0 Å². The number of hydrogen-bond donors (Lipinski definition) is 2. The van der Waals surface area contributed by atoms with Gasteiger partial charge >= 0.3 is 0 Å². The van der Waals surface area contributed by atoms with Crippen LogP contribution in [0.2, 0.25) is 0 Å². The van der Waals surface area contributed by atoms with Crippen molar-refractivity contribution in [1.29, 1.82) is 0 Å². The zero-order chi connectivity index (χ0) is 14.8. The minimum Gasteiger partial charge on any atom is -0.459 e. The third kappa shape index (κ3) is 2.92. The normalized spacial score (nSPS) is 10.5. The molecule has 21 heavy (non-hydrogen) atoms. The Labute approximate surface area is 123 Å². The number of carbonyl (C=O) groups is 2. The molecule has 0 aliphatic rings. The van der Waals surface area contributed by atoms with Crippen LogP contribution in [-0.4, -0.2) is 16.8 Å². The highest BCUT2D eigenvalue weighted by atomic mass is 32.1. The third-order valence-corrected chi connectivity index (χ3v) is 3.63. The van der Waals surface area contributed by atoms with Gasteiger partial charge in [-0.25, -0.2) is 4.98 Å². The number of carbonyl (C=O) groups excluding carboxylic acids is 2. The molecule has 7 heteroatoms. The van der Waals surface area contributed by atoms with Gasteiger partial charge in [-0.3, -0.25) is 14.9 Å². The Kier molecular flexibility index (Phi) is 3.41. The second-order valence-electron chi connectivity index (χ2n) is 4.31. The number of furan rings is 1. The quantitative estimate of drug-likeness (QED) is 0.778. The molecule has 0 saturated heterocycles.